The third-order valence-electron chi connectivity index (χ3n) is 11.5. The molecule has 0 aliphatic carbocycles. The van der Waals surface area contributed by atoms with Gasteiger partial charge in [-0.25, -0.2) is 0 Å². The number of ether oxygens (including phenoxy) is 3. The summed E-state index contributed by atoms with van der Waals surface area (Å²) < 4.78 is 16.8. The van der Waals surface area contributed by atoms with E-state index in [4.69, 9.17) is 14.2 Å². The Morgan fingerprint density at radius 3 is 0.860 bits per heavy atom. The number of unbranched alkanes of at least 4 members (excludes halogenated alkanes) is 30. The first-order chi connectivity index (χ1) is 27.7. The van der Waals surface area contributed by atoms with Gasteiger partial charge in [0.2, 0.25) is 0 Å². The highest BCUT2D eigenvalue weighted by Crippen LogP contribution is 2.17. The minimum Gasteiger partial charge on any atom is -0.462 e. The normalized spacial score (nSPS) is 12.1. The smallest absolute Gasteiger partial charge is 0.306 e. The van der Waals surface area contributed by atoms with Gasteiger partial charge in [-0.05, 0) is 31.1 Å². The maximum absolute atomic E-state index is 12.8. The molecule has 1 atom stereocenters. The highest BCUT2D eigenvalue weighted by molar-refractivity contribution is 5.71. The third-order valence-corrected chi connectivity index (χ3v) is 11.5. The number of carbonyl (C=O) groups excluding carboxylic acids is 3. The van der Waals surface area contributed by atoms with Crippen molar-refractivity contribution in [1.82, 2.24) is 0 Å². The van der Waals surface area contributed by atoms with Crippen LogP contribution in [0.1, 0.15) is 279 Å². The van der Waals surface area contributed by atoms with Gasteiger partial charge in [-0.3, -0.25) is 14.4 Å². The molecule has 0 aromatic heterocycles. The van der Waals surface area contributed by atoms with E-state index in [1.165, 1.54) is 167 Å². The number of esters is 3. The fraction of sp³-hybridized carbons (Fsp3) is 0.941. The molecule has 0 fully saturated rings. The Morgan fingerprint density at radius 1 is 0.333 bits per heavy atom. The Bertz CT molecular complexity index is 870. The molecular formula is C51H98O6. The summed E-state index contributed by atoms with van der Waals surface area (Å²) in [7, 11) is 0. The van der Waals surface area contributed by atoms with Crippen LogP contribution in [0.3, 0.4) is 0 Å². The molecule has 0 aromatic carbocycles. The second-order valence-corrected chi connectivity index (χ2v) is 18.4. The summed E-state index contributed by atoms with van der Waals surface area (Å²) in [6.45, 7) is 11.3. The quantitative estimate of drug-likeness (QED) is 0.0346. The predicted molar refractivity (Wildman–Crippen MR) is 243 cm³/mol. The van der Waals surface area contributed by atoms with Crippen molar-refractivity contribution in [3.63, 3.8) is 0 Å². The summed E-state index contributed by atoms with van der Waals surface area (Å²) in [5, 5.41) is 0. The summed E-state index contributed by atoms with van der Waals surface area (Å²) in [5.74, 6) is 0.796. The van der Waals surface area contributed by atoms with Gasteiger partial charge in [0.25, 0.3) is 0 Å². The summed E-state index contributed by atoms with van der Waals surface area (Å²) in [4.78, 5) is 37.9. The average Bonchev–Trinajstić information content (AvgIpc) is 3.18. The molecule has 338 valence electrons. The zero-order valence-corrected chi connectivity index (χ0v) is 39.0. The van der Waals surface area contributed by atoms with Gasteiger partial charge in [0.15, 0.2) is 6.10 Å². The molecule has 6 nitrogen and oxygen atoms in total. The Kier molecular flexibility index (Phi) is 42.7. The fourth-order valence-electron chi connectivity index (χ4n) is 7.64. The fourth-order valence-corrected chi connectivity index (χ4v) is 7.64. The largest absolute Gasteiger partial charge is 0.462 e. The molecule has 0 saturated carbocycles. The predicted octanol–water partition coefficient (Wildman–Crippen LogP) is 16.1. The van der Waals surface area contributed by atoms with E-state index < -0.39 is 6.10 Å². The van der Waals surface area contributed by atoms with Gasteiger partial charge in [-0.1, -0.05) is 240 Å². The molecule has 0 radical (unpaired) electrons. The van der Waals surface area contributed by atoms with Gasteiger partial charge < -0.3 is 14.2 Å². The van der Waals surface area contributed by atoms with Crippen LogP contribution in [0, 0.1) is 11.8 Å². The number of rotatable bonds is 45. The van der Waals surface area contributed by atoms with Gasteiger partial charge >= 0.3 is 17.9 Å². The average molecular weight is 807 g/mol. The third kappa shape index (κ3) is 45.3. The van der Waals surface area contributed by atoms with Crippen molar-refractivity contribution in [2.24, 2.45) is 11.8 Å². The Hall–Kier alpha value is -1.59. The van der Waals surface area contributed by atoms with Crippen molar-refractivity contribution < 1.29 is 28.6 Å². The topological polar surface area (TPSA) is 78.9 Å². The van der Waals surface area contributed by atoms with Crippen LogP contribution in [-0.2, 0) is 28.6 Å². The van der Waals surface area contributed by atoms with Crippen LogP contribution in [0.2, 0.25) is 0 Å². The monoisotopic (exact) mass is 807 g/mol. The van der Waals surface area contributed by atoms with E-state index in [9.17, 15) is 14.4 Å². The van der Waals surface area contributed by atoms with Gasteiger partial charge in [-0.2, -0.15) is 0 Å². The Labute approximate surface area is 355 Å². The molecule has 0 spiro atoms. The first kappa shape index (κ1) is 55.4. The maximum Gasteiger partial charge on any atom is 0.306 e. The molecule has 6 heteroatoms. The number of carbonyl (C=O) groups is 3. The lowest BCUT2D eigenvalue weighted by Gasteiger charge is -2.18. The standard InChI is InChI=1S/C51H98O6/c1-6-7-8-9-10-11-15-21-26-31-36-41-49(52)55-44-48(45-56-50(53)42-37-32-27-23-18-20-25-30-35-40-47(4)5)57-51(54)43-38-33-28-22-17-14-12-13-16-19-24-29-34-39-46(2)3/h46-48H,6-45H2,1-5H3/t48-/m1/s1. The van der Waals surface area contributed by atoms with E-state index in [-0.39, 0.29) is 31.1 Å². The van der Waals surface area contributed by atoms with Crippen LogP contribution in [0.15, 0.2) is 0 Å². The van der Waals surface area contributed by atoms with E-state index in [0.29, 0.717) is 19.3 Å². The minimum atomic E-state index is -0.761. The Morgan fingerprint density at radius 2 is 0.579 bits per heavy atom. The van der Waals surface area contributed by atoms with Gasteiger partial charge in [0.1, 0.15) is 13.2 Å². The zero-order valence-electron chi connectivity index (χ0n) is 39.0. The Balaban J connectivity index is 4.31. The van der Waals surface area contributed by atoms with E-state index >= 15 is 0 Å². The van der Waals surface area contributed by atoms with Crippen LogP contribution in [0.4, 0.5) is 0 Å². The first-order valence-corrected chi connectivity index (χ1v) is 25.2. The lowest BCUT2D eigenvalue weighted by molar-refractivity contribution is -0.167. The second-order valence-electron chi connectivity index (χ2n) is 18.4. The molecule has 0 bridgehead atoms. The van der Waals surface area contributed by atoms with E-state index in [0.717, 1.165) is 69.6 Å². The minimum absolute atomic E-state index is 0.0640. The molecule has 0 unspecified atom stereocenters. The lowest BCUT2D eigenvalue weighted by Crippen LogP contribution is -2.30. The van der Waals surface area contributed by atoms with Crippen molar-refractivity contribution in [3.05, 3.63) is 0 Å². The molecule has 0 heterocycles. The van der Waals surface area contributed by atoms with Crippen LogP contribution in [-0.4, -0.2) is 37.2 Å². The van der Waals surface area contributed by atoms with Crippen molar-refractivity contribution in [2.45, 2.75) is 285 Å². The summed E-state index contributed by atoms with van der Waals surface area (Å²) in [5.41, 5.74) is 0. The number of hydrogen-bond donors (Lipinski definition) is 0. The molecule has 57 heavy (non-hydrogen) atoms. The van der Waals surface area contributed by atoms with Crippen LogP contribution in [0.5, 0.6) is 0 Å². The summed E-state index contributed by atoms with van der Waals surface area (Å²) in [6.07, 6.45) is 43.7. The zero-order chi connectivity index (χ0) is 41.9. The molecule has 0 aliphatic heterocycles. The molecule has 0 aromatic rings. The van der Waals surface area contributed by atoms with Crippen molar-refractivity contribution in [2.75, 3.05) is 13.2 Å². The van der Waals surface area contributed by atoms with Gasteiger partial charge in [-0.15, -0.1) is 0 Å². The van der Waals surface area contributed by atoms with E-state index in [1.54, 1.807) is 0 Å². The second kappa shape index (κ2) is 44.0. The van der Waals surface area contributed by atoms with Gasteiger partial charge in [0.05, 0.1) is 0 Å². The van der Waals surface area contributed by atoms with Crippen molar-refractivity contribution >= 4 is 17.9 Å². The number of hydrogen-bond acceptors (Lipinski definition) is 6. The molecule has 0 aliphatic rings. The van der Waals surface area contributed by atoms with Crippen LogP contribution < -0.4 is 0 Å². The molecule has 0 rings (SSSR count). The van der Waals surface area contributed by atoms with E-state index in [2.05, 4.69) is 34.6 Å². The molecular weight excluding hydrogens is 709 g/mol. The van der Waals surface area contributed by atoms with Gasteiger partial charge in [0, 0.05) is 19.3 Å². The summed E-state index contributed by atoms with van der Waals surface area (Å²) in [6, 6.07) is 0. The molecule has 0 N–H and O–H groups in total. The highest BCUT2D eigenvalue weighted by atomic mass is 16.6. The molecule has 0 amide bonds. The maximum atomic E-state index is 12.8. The molecule has 0 saturated heterocycles. The van der Waals surface area contributed by atoms with Crippen LogP contribution in [0.25, 0.3) is 0 Å². The highest BCUT2D eigenvalue weighted by Gasteiger charge is 2.19. The SMILES string of the molecule is CCCCCCCCCCCCCC(=O)OC[C@H](COC(=O)CCCCCCCCCCCC(C)C)OC(=O)CCCCCCCCCCCCCCCC(C)C. The first-order valence-electron chi connectivity index (χ1n) is 25.2. The van der Waals surface area contributed by atoms with Crippen molar-refractivity contribution in [3.8, 4) is 0 Å². The van der Waals surface area contributed by atoms with Crippen LogP contribution >= 0.6 is 0 Å². The lowest BCUT2D eigenvalue weighted by atomic mass is 10.0. The van der Waals surface area contributed by atoms with Crippen molar-refractivity contribution in [1.29, 1.82) is 0 Å². The van der Waals surface area contributed by atoms with E-state index in [1.807, 2.05) is 0 Å². The summed E-state index contributed by atoms with van der Waals surface area (Å²) >= 11 is 0.